The molecule has 1 aromatic carbocycles. The molecule has 0 saturated heterocycles. The van der Waals surface area contributed by atoms with Crippen molar-refractivity contribution < 1.29 is 0 Å². The molecule has 0 radical (unpaired) electrons. The summed E-state index contributed by atoms with van der Waals surface area (Å²) in [6.45, 7) is 0. The predicted molar refractivity (Wildman–Crippen MR) is 47.5 cm³/mol. The summed E-state index contributed by atoms with van der Waals surface area (Å²) in [6.07, 6.45) is 0.685. The summed E-state index contributed by atoms with van der Waals surface area (Å²) >= 11 is 0. The fourth-order valence-electron chi connectivity index (χ4n) is 1.66. The van der Waals surface area contributed by atoms with Crippen molar-refractivity contribution in [1.29, 1.82) is 10.5 Å². The topological polar surface area (TPSA) is 47.6 Å². The Kier molecular flexibility index (Phi) is 1.57. The second-order valence-electron chi connectivity index (χ2n) is 3.33. The molecule has 0 unspecified atom stereocenters. The smallest absolute Gasteiger partial charge is 0.0993 e. The normalized spacial score (nSPS) is 30.2. The van der Waals surface area contributed by atoms with E-state index in [1.54, 1.807) is 0 Å². The molecule has 2 nitrogen and oxygen atoms in total. The van der Waals surface area contributed by atoms with Crippen molar-refractivity contribution in [3.63, 3.8) is 0 Å². The standard InChI is InChI=1S/C11H8N2/c12-7-10-6-11(10,8-13)9-4-2-1-3-5-9/h1-5,10H,6H2/t10-,11-/m0/s1. The third-order valence-corrected chi connectivity index (χ3v) is 2.61. The van der Waals surface area contributed by atoms with E-state index in [1.165, 1.54) is 0 Å². The van der Waals surface area contributed by atoms with Gasteiger partial charge in [-0.1, -0.05) is 30.3 Å². The molecule has 0 bridgehead atoms. The van der Waals surface area contributed by atoms with E-state index in [1.807, 2.05) is 30.3 Å². The lowest BCUT2D eigenvalue weighted by atomic mass is 9.95. The van der Waals surface area contributed by atoms with Gasteiger partial charge in [0.15, 0.2) is 0 Å². The van der Waals surface area contributed by atoms with E-state index in [9.17, 15) is 0 Å². The third kappa shape index (κ3) is 0.999. The summed E-state index contributed by atoms with van der Waals surface area (Å²) in [7, 11) is 0. The van der Waals surface area contributed by atoms with E-state index >= 15 is 0 Å². The lowest BCUT2D eigenvalue weighted by Crippen LogP contribution is -2.05. The fraction of sp³-hybridized carbons (Fsp3) is 0.273. The Morgan fingerprint density at radius 1 is 1.23 bits per heavy atom. The van der Waals surface area contributed by atoms with Crippen molar-refractivity contribution in [2.24, 2.45) is 5.92 Å². The van der Waals surface area contributed by atoms with Gasteiger partial charge in [0.25, 0.3) is 0 Å². The van der Waals surface area contributed by atoms with Gasteiger partial charge in [0.2, 0.25) is 0 Å². The zero-order chi connectivity index (χ0) is 9.31. The van der Waals surface area contributed by atoms with Crippen LogP contribution in [0.15, 0.2) is 30.3 Å². The largest absolute Gasteiger partial charge is 0.198 e. The highest BCUT2D eigenvalue weighted by molar-refractivity contribution is 5.44. The molecule has 0 aliphatic heterocycles. The molecule has 0 heterocycles. The number of nitriles is 2. The molecule has 1 saturated carbocycles. The highest BCUT2D eigenvalue weighted by Gasteiger charge is 2.56. The Bertz CT molecular complexity index is 396. The third-order valence-electron chi connectivity index (χ3n) is 2.61. The average Bonchev–Trinajstić information content (AvgIpc) is 2.94. The van der Waals surface area contributed by atoms with Gasteiger partial charge in [-0.3, -0.25) is 0 Å². The van der Waals surface area contributed by atoms with Crippen molar-refractivity contribution in [1.82, 2.24) is 0 Å². The minimum atomic E-state index is -0.504. The van der Waals surface area contributed by atoms with Gasteiger partial charge in [-0.05, 0) is 12.0 Å². The Morgan fingerprint density at radius 2 is 1.92 bits per heavy atom. The summed E-state index contributed by atoms with van der Waals surface area (Å²) in [5, 5.41) is 17.7. The van der Waals surface area contributed by atoms with Crippen LogP contribution in [0.25, 0.3) is 0 Å². The SMILES string of the molecule is N#C[C@@H]1C[C@]1(C#N)c1ccccc1. The van der Waals surface area contributed by atoms with E-state index in [0.717, 1.165) is 5.56 Å². The van der Waals surface area contributed by atoms with Gasteiger partial charge in [-0.2, -0.15) is 10.5 Å². The van der Waals surface area contributed by atoms with Crippen LogP contribution in [0.4, 0.5) is 0 Å². The first-order valence-electron chi connectivity index (χ1n) is 4.20. The van der Waals surface area contributed by atoms with Crippen LogP contribution < -0.4 is 0 Å². The van der Waals surface area contributed by atoms with Crippen molar-refractivity contribution >= 4 is 0 Å². The van der Waals surface area contributed by atoms with E-state index in [0.29, 0.717) is 6.42 Å². The molecule has 0 amide bonds. The summed E-state index contributed by atoms with van der Waals surface area (Å²) in [6, 6.07) is 14.0. The molecule has 2 rings (SSSR count). The van der Waals surface area contributed by atoms with Crippen molar-refractivity contribution in [3.8, 4) is 12.1 Å². The highest BCUT2D eigenvalue weighted by Crippen LogP contribution is 2.53. The molecule has 1 aliphatic rings. The molecule has 62 valence electrons. The van der Waals surface area contributed by atoms with Crippen LogP contribution in [0, 0.1) is 28.6 Å². The van der Waals surface area contributed by atoms with Gasteiger partial charge < -0.3 is 0 Å². The van der Waals surface area contributed by atoms with Crippen LogP contribution >= 0.6 is 0 Å². The van der Waals surface area contributed by atoms with E-state index < -0.39 is 5.41 Å². The van der Waals surface area contributed by atoms with Gasteiger partial charge >= 0.3 is 0 Å². The van der Waals surface area contributed by atoms with Crippen LogP contribution in [0.1, 0.15) is 12.0 Å². The van der Waals surface area contributed by atoms with Crippen LogP contribution in [-0.2, 0) is 5.41 Å². The van der Waals surface area contributed by atoms with E-state index in [-0.39, 0.29) is 5.92 Å². The summed E-state index contributed by atoms with van der Waals surface area (Å²) in [5.41, 5.74) is 0.472. The number of hydrogen-bond donors (Lipinski definition) is 0. The maximum absolute atomic E-state index is 9.01. The summed E-state index contributed by atoms with van der Waals surface area (Å²) < 4.78 is 0. The Balaban J connectivity index is 2.39. The predicted octanol–water partition coefficient (Wildman–Crippen LogP) is 1.99. The van der Waals surface area contributed by atoms with Gasteiger partial charge in [0.1, 0.15) is 0 Å². The molecule has 0 spiro atoms. The van der Waals surface area contributed by atoms with Gasteiger partial charge in [-0.15, -0.1) is 0 Å². The van der Waals surface area contributed by atoms with Gasteiger partial charge in [0, 0.05) is 0 Å². The van der Waals surface area contributed by atoms with E-state index in [4.69, 9.17) is 10.5 Å². The molecule has 1 aromatic rings. The minimum Gasteiger partial charge on any atom is -0.198 e. The van der Waals surface area contributed by atoms with Crippen LogP contribution in [0.3, 0.4) is 0 Å². The monoisotopic (exact) mass is 168 g/mol. The van der Waals surface area contributed by atoms with Crippen molar-refractivity contribution in [2.75, 3.05) is 0 Å². The summed E-state index contributed by atoms with van der Waals surface area (Å²) in [4.78, 5) is 0. The van der Waals surface area contributed by atoms with Crippen molar-refractivity contribution in [2.45, 2.75) is 11.8 Å². The first-order valence-corrected chi connectivity index (χ1v) is 4.20. The first kappa shape index (κ1) is 7.83. The number of hydrogen-bond acceptors (Lipinski definition) is 2. The van der Waals surface area contributed by atoms with E-state index in [2.05, 4.69) is 12.1 Å². The second-order valence-corrected chi connectivity index (χ2v) is 3.33. The maximum atomic E-state index is 9.01. The molecule has 2 heteroatoms. The lowest BCUT2D eigenvalue weighted by molar-refractivity contribution is 0.849. The molecular weight excluding hydrogens is 160 g/mol. The van der Waals surface area contributed by atoms with Crippen LogP contribution in [-0.4, -0.2) is 0 Å². The zero-order valence-corrected chi connectivity index (χ0v) is 7.07. The maximum Gasteiger partial charge on any atom is 0.0993 e. The minimum absolute atomic E-state index is 0.111. The highest BCUT2D eigenvalue weighted by atomic mass is 14.6. The number of nitrogens with zero attached hydrogens (tertiary/aromatic N) is 2. The average molecular weight is 168 g/mol. The van der Waals surface area contributed by atoms with Gasteiger partial charge in [0.05, 0.1) is 23.5 Å². The first-order chi connectivity index (χ1) is 6.33. The lowest BCUT2D eigenvalue weighted by Gasteiger charge is -2.04. The molecule has 1 aliphatic carbocycles. The molecular formula is C11H8N2. The van der Waals surface area contributed by atoms with Crippen LogP contribution in [0.5, 0.6) is 0 Å². The second kappa shape index (κ2) is 2.61. The number of rotatable bonds is 1. The quantitative estimate of drug-likeness (QED) is 0.643. The molecule has 13 heavy (non-hydrogen) atoms. The Morgan fingerprint density at radius 3 is 2.38 bits per heavy atom. The molecule has 0 aromatic heterocycles. The molecule has 2 atom stereocenters. The van der Waals surface area contributed by atoms with Crippen molar-refractivity contribution in [3.05, 3.63) is 35.9 Å². The zero-order valence-electron chi connectivity index (χ0n) is 7.07. The summed E-state index contributed by atoms with van der Waals surface area (Å²) in [5.74, 6) is -0.111. The Labute approximate surface area is 77.0 Å². The Hall–Kier alpha value is -1.80. The fourth-order valence-corrected chi connectivity index (χ4v) is 1.66. The molecule has 0 N–H and O–H groups in total. The molecule has 1 fully saturated rings. The number of benzene rings is 1. The van der Waals surface area contributed by atoms with Crippen LogP contribution in [0.2, 0.25) is 0 Å². The van der Waals surface area contributed by atoms with Gasteiger partial charge in [-0.25, -0.2) is 0 Å².